The summed E-state index contributed by atoms with van der Waals surface area (Å²) < 4.78 is 5.69. The van der Waals surface area contributed by atoms with Crippen LogP contribution in [-0.4, -0.2) is 35.6 Å². The fourth-order valence-corrected chi connectivity index (χ4v) is 2.91. The Morgan fingerprint density at radius 2 is 1.95 bits per heavy atom. The molecule has 0 radical (unpaired) electrons. The van der Waals surface area contributed by atoms with Gasteiger partial charge in [0.05, 0.1) is 6.10 Å². The van der Waals surface area contributed by atoms with Gasteiger partial charge in [0.2, 0.25) is 0 Å². The Labute approximate surface area is 117 Å². The molecule has 0 aromatic carbocycles. The molecular formula is C16H28N2O. The van der Waals surface area contributed by atoms with Gasteiger partial charge in [0.15, 0.2) is 5.88 Å². The predicted octanol–water partition coefficient (Wildman–Crippen LogP) is 3.64. The molecule has 0 saturated carbocycles. The van der Waals surface area contributed by atoms with Gasteiger partial charge in [-0.25, -0.2) is 0 Å². The number of H-pyrrole nitrogens is 1. The molecular weight excluding hydrogens is 236 g/mol. The number of piperidine rings is 1. The highest BCUT2D eigenvalue weighted by atomic mass is 16.5. The number of hydrogen-bond donors (Lipinski definition) is 1. The Morgan fingerprint density at radius 3 is 2.53 bits per heavy atom. The molecule has 1 aromatic rings. The van der Waals surface area contributed by atoms with Gasteiger partial charge in [0, 0.05) is 18.8 Å². The van der Waals surface area contributed by atoms with Crippen molar-refractivity contribution in [3.63, 3.8) is 0 Å². The highest BCUT2D eigenvalue weighted by Gasteiger charge is 2.22. The summed E-state index contributed by atoms with van der Waals surface area (Å²) in [5.41, 5.74) is 1.42. The first-order chi connectivity index (χ1) is 9.04. The molecule has 0 unspecified atom stereocenters. The van der Waals surface area contributed by atoms with Gasteiger partial charge in [0.1, 0.15) is 0 Å². The van der Waals surface area contributed by atoms with E-state index in [1.807, 2.05) is 0 Å². The van der Waals surface area contributed by atoms with E-state index >= 15 is 0 Å². The molecule has 1 aliphatic rings. The lowest BCUT2D eigenvalue weighted by Gasteiger charge is -2.32. The maximum atomic E-state index is 5.69. The van der Waals surface area contributed by atoms with Crippen molar-refractivity contribution in [1.29, 1.82) is 0 Å². The molecule has 0 amide bonds. The summed E-state index contributed by atoms with van der Waals surface area (Å²) in [6, 6.07) is 2.18. The van der Waals surface area contributed by atoms with E-state index in [4.69, 9.17) is 4.74 Å². The molecule has 3 heteroatoms. The highest BCUT2D eigenvalue weighted by Crippen LogP contribution is 2.30. The predicted molar refractivity (Wildman–Crippen MR) is 79.8 cm³/mol. The average Bonchev–Trinajstić information content (AvgIpc) is 2.76. The first-order valence-electron chi connectivity index (χ1n) is 7.62. The first-order valence-corrected chi connectivity index (χ1v) is 7.62. The molecule has 1 N–H and O–H groups in total. The normalized spacial score (nSPS) is 18.4. The summed E-state index contributed by atoms with van der Waals surface area (Å²) in [5.74, 6) is 2.38. The molecule has 1 aromatic heterocycles. The van der Waals surface area contributed by atoms with Crippen LogP contribution >= 0.6 is 0 Å². The summed E-state index contributed by atoms with van der Waals surface area (Å²) in [6.07, 6.45) is 4.90. The Kier molecular flexibility index (Phi) is 4.92. The molecule has 3 nitrogen and oxygen atoms in total. The fourth-order valence-electron chi connectivity index (χ4n) is 2.91. The molecule has 1 saturated heterocycles. The topological polar surface area (TPSA) is 28.3 Å². The van der Waals surface area contributed by atoms with E-state index < -0.39 is 0 Å². The molecule has 0 spiro atoms. The lowest BCUT2D eigenvalue weighted by Crippen LogP contribution is -2.35. The zero-order valence-corrected chi connectivity index (χ0v) is 12.8. The fraction of sp³-hybridized carbons (Fsp3) is 0.750. The van der Waals surface area contributed by atoms with Gasteiger partial charge < -0.3 is 14.6 Å². The van der Waals surface area contributed by atoms with Crippen LogP contribution in [0.3, 0.4) is 0 Å². The summed E-state index contributed by atoms with van der Waals surface area (Å²) in [5, 5.41) is 0. The first kappa shape index (κ1) is 14.4. The Balaban J connectivity index is 1.85. The smallest absolute Gasteiger partial charge is 0.191 e. The lowest BCUT2D eigenvalue weighted by molar-refractivity contribution is 0.192. The minimum atomic E-state index is 0.236. The molecule has 108 valence electrons. The molecule has 0 bridgehead atoms. The maximum Gasteiger partial charge on any atom is 0.191 e. The van der Waals surface area contributed by atoms with Gasteiger partial charge in [-0.2, -0.15) is 0 Å². The third kappa shape index (κ3) is 4.27. The lowest BCUT2D eigenvalue weighted by atomic mass is 9.91. The number of aromatic nitrogens is 1. The van der Waals surface area contributed by atoms with Crippen LogP contribution in [0.4, 0.5) is 0 Å². The summed E-state index contributed by atoms with van der Waals surface area (Å²) in [7, 11) is 0. The van der Waals surface area contributed by atoms with Crippen LogP contribution in [0, 0.1) is 5.92 Å². The largest absolute Gasteiger partial charge is 0.476 e. The minimum absolute atomic E-state index is 0.236. The van der Waals surface area contributed by atoms with Gasteiger partial charge in [-0.3, -0.25) is 0 Å². The Morgan fingerprint density at radius 1 is 1.26 bits per heavy atom. The van der Waals surface area contributed by atoms with E-state index in [1.165, 1.54) is 38.0 Å². The van der Waals surface area contributed by atoms with Crippen LogP contribution in [0.5, 0.6) is 5.88 Å². The average molecular weight is 264 g/mol. The van der Waals surface area contributed by atoms with Gasteiger partial charge in [0.25, 0.3) is 0 Å². The number of nitrogens with zero attached hydrogens (tertiary/aromatic N) is 1. The number of hydrogen-bond acceptors (Lipinski definition) is 2. The number of rotatable bonds is 5. The van der Waals surface area contributed by atoms with Crippen molar-refractivity contribution in [3.05, 3.63) is 17.8 Å². The van der Waals surface area contributed by atoms with Crippen molar-refractivity contribution in [2.24, 2.45) is 5.92 Å². The van der Waals surface area contributed by atoms with E-state index in [1.54, 1.807) is 0 Å². The molecule has 1 fully saturated rings. The number of likely N-dealkylation sites (tertiary alicyclic amines) is 1. The van der Waals surface area contributed by atoms with E-state index in [0.717, 1.165) is 11.8 Å². The third-order valence-electron chi connectivity index (χ3n) is 3.72. The van der Waals surface area contributed by atoms with Crippen molar-refractivity contribution in [1.82, 2.24) is 9.88 Å². The molecule has 0 atom stereocenters. The minimum Gasteiger partial charge on any atom is -0.476 e. The second-order valence-electron chi connectivity index (χ2n) is 6.43. The van der Waals surface area contributed by atoms with Crippen LogP contribution in [0.15, 0.2) is 12.3 Å². The maximum absolute atomic E-state index is 5.69. The Bertz CT molecular complexity index is 376. The number of nitrogens with one attached hydrogen (secondary N) is 1. The standard InChI is InChI=1S/C16H28N2O/c1-12(2)11-18-7-5-14(6-8-18)15-9-16(17-10-15)19-13(3)4/h9-10,12-14,17H,5-8,11H2,1-4H3. The highest BCUT2D eigenvalue weighted by molar-refractivity contribution is 5.25. The van der Waals surface area contributed by atoms with Crippen molar-refractivity contribution in [2.75, 3.05) is 19.6 Å². The number of ether oxygens (including phenoxy) is 1. The van der Waals surface area contributed by atoms with Crippen LogP contribution in [0.1, 0.15) is 52.0 Å². The second-order valence-corrected chi connectivity index (χ2v) is 6.43. The molecule has 1 aliphatic heterocycles. The van der Waals surface area contributed by atoms with Crippen LogP contribution in [0.25, 0.3) is 0 Å². The van der Waals surface area contributed by atoms with Crippen LogP contribution in [-0.2, 0) is 0 Å². The van der Waals surface area contributed by atoms with Gasteiger partial charge in [-0.05, 0) is 57.2 Å². The molecule has 2 heterocycles. The number of aromatic amines is 1. The molecule has 19 heavy (non-hydrogen) atoms. The van der Waals surface area contributed by atoms with E-state index in [2.05, 4.69) is 49.8 Å². The van der Waals surface area contributed by atoms with E-state index in [9.17, 15) is 0 Å². The van der Waals surface area contributed by atoms with Gasteiger partial charge in [-0.1, -0.05) is 13.8 Å². The third-order valence-corrected chi connectivity index (χ3v) is 3.72. The van der Waals surface area contributed by atoms with Crippen molar-refractivity contribution in [3.8, 4) is 5.88 Å². The Hall–Kier alpha value is -0.960. The zero-order valence-electron chi connectivity index (χ0n) is 12.8. The quantitative estimate of drug-likeness (QED) is 0.879. The van der Waals surface area contributed by atoms with Crippen molar-refractivity contribution >= 4 is 0 Å². The van der Waals surface area contributed by atoms with Gasteiger partial charge >= 0.3 is 0 Å². The van der Waals surface area contributed by atoms with Crippen LogP contribution < -0.4 is 4.74 Å². The van der Waals surface area contributed by atoms with E-state index in [0.29, 0.717) is 5.92 Å². The monoisotopic (exact) mass is 264 g/mol. The zero-order chi connectivity index (χ0) is 13.8. The van der Waals surface area contributed by atoms with Gasteiger partial charge in [-0.15, -0.1) is 0 Å². The summed E-state index contributed by atoms with van der Waals surface area (Å²) in [4.78, 5) is 5.84. The van der Waals surface area contributed by atoms with E-state index in [-0.39, 0.29) is 6.10 Å². The molecule has 2 rings (SSSR count). The van der Waals surface area contributed by atoms with Crippen molar-refractivity contribution in [2.45, 2.75) is 52.6 Å². The van der Waals surface area contributed by atoms with Crippen LogP contribution in [0.2, 0.25) is 0 Å². The SMILES string of the molecule is CC(C)CN1CCC(c2c[nH]c(OC(C)C)c2)CC1. The molecule has 0 aliphatic carbocycles. The summed E-state index contributed by atoms with van der Waals surface area (Å²) >= 11 is 0. The second kappa shape index (κ2) is 6.47. The summed E-state index contributed by atoms with van der Waals surface area (Å²) in [6.45, 7) is 12.4. The van der Waals surface area contributed by atoms with Crippen molar-refractivity contribution < 1.29 is 4.74 Å².